The molecule has 0 saturated heterocycles. The quantitative estimate of drug-likeness (QED) is 0.600. The number of halogens is 3. The molecule has 2 aromatic carbocycles. The molecule has 2 aromatic rings. The van der Waals surface area contributed by atoms with E-state index in [1.807, 2.05) is 0 Å². The van der Waals surface area contributed by atoms with E-state index in [1.165, 1.54) is 12.1 Å². The molecule has 0 aliphatic carbocycles. The van der Waals surface area contributed by atoms with Crippen molar-refractivity contribution in [2.75, 3.05) is 18.5 Å². The summed E-state index contributed by atoms with van der Waals surface area (Å²) in [5.74, 6) is -0.859. The van der Waals surface area contributed by atoms with Crippen molar-refractivity contribution in [1.29, 1.82) is 0 Å². The van der Waals surface area contributed by atoms with Gasteiger partial charge in [-0.1, -0.05) is 18.2 Å². The summed E-state index contributed by atoms with van der Waals surface area (Å²) in [6.07, 6.45) is -5.47. The summed E-state index contributed by atoms with van der Waals surface area (Å²) in [4.78, 5) is 23.5. The topological polar surface area (TPSA) is 95.7 Å². The Bertz CT molecular complexity index is 902. The van der Waals surface area contributed by atoms with E-state index in [0.717, 1.165) is 24.3 Å². The molecule has 2 N–H and O–H groups in total. The van der Waals surface area contributed by atoms with E-state index in [4.69, 9.17) is 0 Å². The Morgan fingerprint density at radius 1 is 1.18 bits per heavy atom. The van der Waals surface area contributed by atoms with Crippen LogP contribution in [0.15, 0.2) is 48.5 Å². The van der Waals surface area contributed by atoms with Crippen molar-refractivity contribution < 1.29 is 28.0 Å². The lowest BCUT2D eigenvalue weighted by atomic mass is 9.87. The summed E-state index contributed by atoms with van der Waals surface area (Å²) in [7, 11) is 0. The third kappa shape index (κ3) is 3.26. The Morgan fingerprint density at radius 2 is 1.82 bits per heavy atom. The van der Waals surface area contributed by atoms with Gasteiger partial charge in [-0.25, -0.2) is 0 Å². The number of β-amino-alcohol motifs (C(OH)–C–C–N with tert-alkyl or cyclic N) is 1. The van der Waals surface area contributed by atoms with Gasteiger partial charge in [-0.2, -0.15) is 13.2 Å². The SMILES string of the molecule is O=C1c2ccccc2CC(Nc2ccc([N+](=O)[O-])cc2)(C(F)(F)F)N1CCO. The van der Waals surface area contributed by atoms with Crippen LogP contribution in [-0.4, -0.2) is 45.8 Å². The fourth-order valence-corrected chi connectivity index (χ4v) is 3.31. The van der Waals surface area contributed by atoms with Crippen LogP contribution in [0.3, 0.4) is 0 Å². The van der Waals surface area contributed by atoms with Crippen LogP contribution in [0.2, 0.25) is 0 Å². The second-order valence-electron chi connectivity index (χ2n) is 6.30. The van der Waals surface area contributed by atoms with Crippen LogP contribution in [0, 0.1) is 10.1 Å². The minimum atomic E-state index is -4.90. The van der Waals surface area contributed by atoms with Crippen LogP contribution < -0.4 is 5.32 Å². The number of hydrogen-bond donors (Lipinski definition) is 2. The number of nitro benzene ring substituents is 1. The molecule has 0 saturated carbocycles. The number of nitro groups is 1. The molecule has 0 bridgehead atoms. The molecular weight excluding hydrogens is 379 g/mol. The Morgan fingerprint density at radius 3 is 2.39 bits per heavy atom. The predicted octanol–water partition coefficient (Wildman–Crippen LogP) is 2.96. The van der Waals surface area contributed by atoms with Gasteiger partial charge in [0.25, 0.3) is 11.6 Å². The number of nitrogens with one attached hydrogen (secondary N) is 1. The summed E-state index contributed by atoms with van der Waals surface area (Å²) >= 11 is 0. The number of nitrogens with zero attached hydrogens (tertiary/aromatic N) is 2. The van der Waals surface area contributed by atoms with Gasteiger partial charge in [0, 0.05) is 36.3 Å². The molecule has 1 heterocycles. The molecule has 0 fully saturated rings. The Balaban J connectivity index is 2.10. The first kappa shape index (κ1) is 19.6. The van der Waals surface area contributed by atoms with E-state index in [9.17, 15) is 33.2 Å². The fourth-order valence-electron chi connectivity index (χ4n) is 3.31. The number of non-ortho nitro benzene ring substituents is 1. The van der Waals surface area contributed by atoms with Crippen LogP contribution in [0.1, 0.15) is 15.9 Å². The maximum atomic E-state index is 14.3. The number of alkyl halides is 3. The Labute approximate surface area is 157 Å². The standard InChI is InChI=1S/C18H16F3N3O4/c19-18(20,21)17(22-13-5-7-14(8-6-13)24(27)28)11-12-3-1-2-4-15(12)16(26)23(17)9-10-25/h1-8,22,25H,9-11H2. The van der Waals surface area contributed by atoms with Crippen molar-refractivity contribution in [3.8, 4) is 0 Å². The van der Waals surface area contributed by atoms with E-state index < -0.39 is 42.2 Å². The average Bonchev–Trinajstić information content (AvgIpc) is 2.64. The van der Waals surface area contributed by atoms with Crippen molar-refractivity contribution in [2.24, 2.45) is 0 Å². The first-order chi connectivity index (χ1) is 13.2. The molecule has 1 aliphatic heterocycles. The van der Waals surface area contributed by atoms with Gasteiger partial charge in [0.2, 0.25) is 5.66 Å². The van der Waals surface area contributed by atoms with Gasteiger partial charge in [-0.05, 0) is 23.8 Å². The predicted molar refractivity (Wildman–Crippen MR) is 93.8 cm³/mol. The van der Waals surface area contributed by atoms with Gasteiger partial charge in [0.05, 0.1) is 11.5 Å². The van der Waals surface area contributed by atoms with Gasteiger partial charge < -0.3 is 15.3 Å². The number of aliphatic hydroxyl groups excluding tert-OH is 1. The molecule has 1 atom stereocenters. The van der Waals surface area contributed by atoms with Gasteiger partial charge in [0.15, 0.2) is 0 Å². The lowest BCUT2D eigenvalue weighted by molar-refractivity contribution is -0.384. The second-order valence-corrected chi connectivity index (χ2v) is 6.30. The molecule has 148 valence electrons. The minimum Gasteiger partial charge on any atom is -0.395 e. The highest BCUT2D eigenvalue weighted by Gasteiger charge is 2.62. The average molecular weight is 395 g/mol. The van der Waals surface area contributed by atoms with E-state index in [0.29, 0.717) is 4.90 Å². The summed E-state index contributed by atoms with van der Waals surface area (Å²) < 4.78 is 42.9. The lowest BCUT2D eigenvalue weighted by Gasteiger charge is -2.48. The highest BCUT2D eigenvalue weighted by Crippen LogP contribution is 2.43. The molecular formula is C18H16F3N3O4. The van der Waals surface area contributed by atoms with E-state index in [2.05, 4.69) is 5.32 Å². The Hall–Kier alpha value is -3.14. The highest BCUT2D eigenvalue weighted by atomic mass is 19.4. The zero-order valence-corrected chi connectivity index (χ0v) is 14.4. The largest absolute Gasteiger partial charge is 0.430 e. The third-order valence-electron chi connectivity index (χ3n) is 4.62. The zero-order valence-electron chi connectivity index (χ0n) is 14.4. The van der Waals surface area contributed by atoms with Gasteiger partial charge in [-0.3, -0.25) is 14.9 Å². The molecule has 10 heteroatoms. The van der Waals surface area contributed by atoms with Crippen LogP contribution >= 0.6 is 0 Å². The summed E-state index contributed by atoms with van der Waals surface area (Å²) in [6.45, 7) is -1.19. The van der Waals surface area contributed by atoms with Crippen LogP contribution in [0.4, 0.5) is 24.5 Å². The fraction of sp³-hybridized carbons (Fsp3) is 0.278. The molecule has 1 amide bonds. The lowest BCUT2D eigenvalue weighted by Crippen LogP contribution is -2.69. The maximum absolute atomic E-state index is 14.3. The summed E-state index contributed by atoms with van der Waals surface area (Å²) in [6, 6.07) is 10.4. The van der Waals surface area contributed by atoms with Crippen molar-refractivity contribution in [3.05, 3.63) is 69.8 Å². The zero-order chi connectivity index (χ0) is 20.5. The van der Waals surface area contributed by atoms with E-state index in [-0.39, 0.29) is 22.5 Å². The summed E-state index contributed by atoms with van der Waals surface area (Å²) in [5.41, 5.74) is -2.77. The molecule has 3 rings (SSSR count). The molecule has 1 aliphatic rings. The van der Waals surface area contributed by atoms with Gasteiger partial charge in [-0.15, -0.1) is 0 Å². The van der Waals surface area contributed by atoms with E-state index in [1.54, 1.807) is 12.1 Å². The number of fused-ring (bicyclic) bond motifs is 1. The van der Waals surface area contributed by atoms with Gasteiger partial charge >= 0.3 is 6.18 Å². The number of benzene rings is 2. The van der Waals surface area contributed by atoms with Crippen LogP contribution in [-0.2, 0) is 6.42 Å². The number of rotatable bonds is 5. The maximum Gasteiger partial charge on any atom is 0.430 e. The van der Waals surface area contributed by atoms with Gasteiger partial charge in [0.1, 0.15) is 0 Å². The molecule has 0 spiro atoms. The molecule has 1 unspecified atom stereocenters. The normalized spacial score (nSPS) is 19.3. The number of hydrogen-bond acceptors (Lipinski definition) is 5. The van der Waals surface area contributed by atoms with Crippen LogP contribution in [0.5, 0.6) is 0 Å². The van der Waals surface area contributed by atoms with E-state index >= 15 is 0 Å². The highest BCUT2D eigenvalue weighted by molar-refractivity contribution is 5.98. The minimum absolute atomic E-state index is 0.0435. The monoisotopic (exact) mass is 395 g/mol. The Kier molecular flexibility index (Phi) is 4.99. The molecule has 7 nitrogen and oxygen atoms in total. The van der Waals surface area contributed by atoms with Crippen molar-refractivity contribution >= 4 is 17.3 Å². The molecule has 0 radical (unpaired) electrons. The number of anilines is 1. The number of amides is 1. The molecule has 28 heavy (non-hydrogen) atoms. The van der Waals surface area contributed by atoms with Crippen LogP contribution in [0.25, 0.3) is 0 Å². The summed E-state index contributed by atoms with van der Waals surface area (Å²) in [5, 5.41) is 22.4. The first-order valence-electron chi connectivity index (χ1n) is 8.30. The molecule has 0 aromatic heterocycles. The smallest absolute Gasteiger partial charge is 0.395 e. The third-order valence-corrected chi connectivity index (χ3v) is 4.62. The first-order valence-corrected chi connectivity index (χ1v) is 8.30. The van der Waals surface area contributed by atoms with Crippen molar-refractivity contribution in [2.45, 2.75) is 18.3 Å². The van der Waals surface area contributed by atoms with Crippen molar-refractivity contribution in [1.82, 2.24) is 4.90 Å². The number of aliphatic hydroxyl groups is 1. The number of carbonyl (C=O) groups excluding carboxylic acids is 1. The number of carbonyl (C=O) groups is 1. The second kappa shape index (κ2) is 7.12. The van der Waals surface area contributed by atoms with Crippen molar-refractivity contribution in [3.63, 3.8) is 0 Å².